The quantitative estimate of drug-likeness (QED) is 0.232. The molecule has 1 aromatic heterocycles. The lowest BCUT2D eigenvalue weighted by Crippen LogP contribution is -2.45. The van der Waals surface area contributed by atoms with Gasteiger partial charge in [-0.2, -0.15) is 0 Å². The van der Waals surface area contributed by atoms with Gasteiger partial charge in [0, 0.05) is 37.7 Å². The summed E-state index contributed by atoms with van der Waals surface area (Å²) in [5.74, 6) is 1.86. The molecule has 1 saturated heterocycles. The van der Waals surface area contributed by atoms with Crippen molar-refractivity contribution in [3.05, 3.63) is 65.0 Å². The molecule has 0 aliphatic carbocycles. The highest BCUT2D eigenvalue weighted by Crippen LogP contribution is 2.23. The Labute approximate surface area is 196 Å². The summed E-state index contributed by atoms with van der Waals surface area (Å²) in [7, 11) is 2.15. The normalized spacial score (nSPS) is 14.8. The summed E-state index contributed by atoms with van der Waals surface area (Å²) in [5, 5.41) is 1.38. The molecule has 3 aromatic rings. The predicted molar refractivity (Wildman–Crippen MR) is 137 cm³/mol. The summed E-state index contributed by atoms with van der Waals surface area (Å²) >= 11 is 9.01. The monoisotopic (exact) mass is 470 g/mol. The molecule has 2 heterocycles. The lowest BCUT2D eigenvalue weighted by Gasteiger charge is -2.33. The number of thiocarbonyl (C=S) groups is 1. The number of hydrogen-bond donors (Lipinski definition) is 0. The molecule has 0 bridgehead atoms. The second-order valence-corrected chi connectivity index (χ2v) is 10.3. The van der Waals surface area contributed by atoms with E-state index in [1.807, 2.05) is 54.6 Å². The fourth-order valence-electron chi connectivity index (χ4n) is 3.48. The van der Waals surface area contributed by atoms with E-state index in [-0.39, 0.29) is 5.56 Å². The maximum Gasteiger partial charge on any atom is 0.266 e. The lowest BCUT2D eigenvalue weighted by atomic mass is 10.2. The first-order valence-electron chi connectivity index (χ1n) is 10.4. The van der Waals surface area contributed by atoms with Crippen LogP contribution in [0.4, 0.5) is 0 Å². The molecule has 0 atom stereocenters. The summed E-state index contributed by atoms with van der Waals surface area (Å²) in [6.45, 7) is 4.17. The smallest absolute Gasteiger partial charge is 0.266 e. The average molecular weight is 471 g/mol. The molecule has 31 heavy (non-hydrogen) atoms. The van der Waals surface area contributed by atoms with Crippen molar-refractivity contribution < 1.29 is 0 Å². The van der Waals surface area contributed by atoms with Gasteiger partial charge >= 0.3 is 0 Å². The SMILES string of the molecule is CN1CCN(C(=S)SCCCSc2nc3ccccc3c(=O)n2-c2ccccc2)CC1. The number of likely N-dealkylation sites (N-methyl/N-ethyl adjacent to an activating group) is 1. The largest absolute Gasteiger partial charge is 0.355 e. The molecular formula is C23H26N4OS3. The van der Waals surface area contributed by atoms with E-state index < -0.39 is 0 Å². The molecule has 0 amide bonds. The van der Waals surface area contributed by atoms with Gasteiger partial charge in [0.2, 0.25) is 0 Å². The first kappa shape index (κ1) is 22.3. The van der Waals surface area contributed by atoms with Crippen molar-refractivity contribution >= 4 is 51.0 Å². The number of thioether (sulfide) groups is 2. The Morgan fingerprint density at radius 2 is 1.71 bits per heavy atom. The van der Waals surface area contributed by atoms with E-state index in [1.54, 1.807) is 28.1 Å². The van der Waals surface area contributed by atoms with Crippen molar-refractivity contribution in [2.24, 2.45) is 0 Å². The molecule has 0 N–H and O–H groups in total. The Bertz CT molecular complexity index is 1090. The Kier molecular flexibility index (Phi) is 7.66. The zero-order valence-corrected chi connectivity index (χ0v) is 20.0. The highest BCUT2D eigenvalue weighted by Gasteiger charge is 2.17. The molecule has 0 radical (unpaired) electrons. The number of fused-ring (bicyclic) bond motifs is 1. The minimum Gasteiger partial charge on any atom is -0.355 e. The summed E-state index contributed by atoms with van der Waals surface area (Å²) < 4.78 is 2.73. The fraction of sp³-hybridized carbons (Fsp3) is 0.348. The highest BCUT2D eigenvalue weighted by atomic mass is 32.2. The highest BCUT2D eigenvalue weighted by molar-refractivity contribution is 8.22. The van der Waals surface area contributed by atoms with Crippen LogP contribution in [-0.2, 0) is 0 Å². The Morgan fingerprint density at radius 3 is 2.48 bits per heavy atom. The second kappa shape index (κ2) is 10.6. The van der Waals surface area contributed by atoms with Gasteiger partial charge in [-0.25, -0.2) is 4.98 Å². The van der Waals surface area contributed by atoms with Crippen LogP contribution in [-0.4, -0.2) is 68.4 Å². The van der Waals surface area contributed by atoms with E-state index in [0.717, 1.165) is 64.8 Å². The molecule has 0 saturated carbocycles. The van der Waals surface area contributed by atoms with E-state index in [4.69, 9.17) is 17.2 Å². The number of nitrogens with zero attached hydrogens (tertiary/aromatic N) is 4. The minimum absolute atomic E-state index is 0.0232. The number of rotatable bonds is 6. The first-order chi connectivity index (χ1) is 15.1. The standard InChI is InChI=1S/C23H26N4OS3/c1-25-12-14-26(15-13-25)23(29)31-17-7-16-30-22-24-20-11-6-5-10-19(20)21(28)27(22)18-8-3-2-4-9-18/h2-6,8-11H,7,12-17H2,1H3. The van der Waals surface area contributed by atoms with Crippen molar-refractivity contribution in [2.75, 3.05) is 44.7 Å². The van der Waals surface area contributed by atoms with Crippen LogP contribution in [0.1, 0.15) is 6.42 Å². The van der Waals surface area contributed by atoms with Gasteiger partial charge in [0.25, 0.3) is 5.56 Å². The molecule has 1 aliphatic heterocycles. The molecule has 0 unspecified atom stereocenters. The molecule has 162 valence electrons. The van der Waals surface area contributed by atoms with Crippen LogP contribution in [0.2, 0.25) is 0 Å². The van der Waals surface area contributed by atoms with E-state index >= 15 is 0 Å². The maximum absolute atomic E-state index is 13.2. The van der Waals surface area contributed by atoms with Crippen molar-refractivity contribution in [1.82, 2.24) is 19.4 Å². The molecule has 8 heteroatoms. The van der Waals surface area contributed by atoms with Crippen molar-refractivity contribution in [2.45, 2.75) is 11.6 Å². The Hall–Kier alpha value is -1.87. The van der Waals surface area contributed by atoms with E-state index in [0.29, 0.717) is 5.39 Å². The predicted octanol–water partition coefficient (Wildman–Crippen LogP) is 4.13. The lowest BCUT2D eigenvalue weighted by molar-refractivity contribution is 0.220. The Balaban J connectivity index is 1.41. The van der Waals surface area contributed by atoms with Gasteiger partial charge in [-0.15, -0.1) is 0 Å². The zero-order valence-electron chi connectivity index (χ0n) is 17.6. The second-order valence-electron chi connectivity index (χ2n) is 7.49. The molecule has 5 nitrogen and oxygen atoms in total. The Morgan fingerprint density at radius 1 is 1.00 bits per heavy atom. The fourth-order valence-corrected chi connectivity index (χ4v) is 5.87. The molecular weight excluding hydrogens is 444 g/mol. The molecule has 0 spiro atoms. The van der Waals surface area contributed by atoms with Crippen LogP contribution in [0.15, 0.2) is 64.5 Å². The van der Waals surface area contributed by atoms with Crippen LogP contribution in [0.5, 0.6) is 0 Å². The maximum atomic E-state index is 13.2. The summed E-state index contributed by atoms with van der Waals surface area (Å²) in [5.41, 5.74) is 1.57. The van der Waals surface area contributed by atoms with Crippen LogP contribution in [0, 0.1) is 0 Å². The van der Waals surface area contributed by atoms with Gasteiger partial charge in [0.15, 0.2) is 5.16 Å². The number of aromatic nitrogens is 2. The molecule has 1 fully saturated rings. The summed E-state index contributed by atoms with van der Waals surface area (Å²) in [4.78, 5) is 22.7. The van der Waals surface area contributed by atoms with Crippen LogP contribution >= 0.6 is 35.7 Å². The van der Waals surface area contributed by atoms with Crippen LogP contribution in [0.25, 0.3) is 16.6 Å². The molecule has 4 rings (SSSR count). The number of hydrogen-bond acceptors (Lipinski definition) is 6. The van der Waals surface area contributed by atoms with Crippen LogP contribution < -0.4 is 5.56 Å². The van der Waals surface area contributed by atoms with Gasteiger partial charge in [0.1, 0.15) is 4.32 Å². The zero-order chi connectivity index (χ0) is 21.6. The number of benzene rings is 2. The van der Waals surface area contributed by atoms with Crippen LogP contribution in [0.3, 0.4) is 0 Å². The third-order valence-electron chi connectivity index (χ3n) is 5.27. The van der Waals surface area contributed by atoms with Gasteiger partial charge in [-0.05, 0) is 37.7 Å². The van der Waals surface area contributed by atoms with Gasteiger partial charge in [-0.3, -0.25) is 9.36 Å². The summed E-state index contributed by atoms with van der Waals surface area (Å²) in [6.07, 6.45) is 1.00. The number of para-hydroxylation sites is 2. The number of piperazine rings is 1. The van der Waals surface area contributed by atoms with E-state index in [2.05, 4.69) is 16.8 Å². The third kappa shape index (κ3) is 5.49. The topological polar surface area (TPSA) is 41.4 Å². The first-order valence-corrected chi connectivity index (χ1v) is 12.8. The summed E-state index contributed by atoms with van der Waals surface area (Å²) in [6, 6.07) is 17.3. The van der Waals surface area contributed by atoms with E-state index in [9.17, 15) is 4.79 Å². The van der Waals surface area contributed by atoms with Gasteiger partial charge in [0.05, 0.1) is 16.6 Å². The molecule has 1 aliphatic rings. The van der Waals surface area contributed by atoms with E-state index in [1.165, 1.54) is 0 Å². The van der Waals surface area contributed by atoms with Gasteiger partial charge in [-0.1, -0.05) is 66.1 Å². The van der Waals surface area contributed by atoms with Gasteiger partial charge < -0.3 is 9.80 Å². The minimum atomic E-state index is -0.0232. The average Bonchev–Trinajstić information content (AvgIpc) is 2.80. The van der Waals surface area contributed by atoms with Crippen molar-refractivity contribution in [3.63, 3.8) is 0 Å². The van der Waals surface area contributed by atoms with Crippen molar-refractivity contribution in [3.8, 4) is 5.69 Å². The molecule has 2 aromatic carbocycles. The van der Waals surface area contributed by atoms with Crippen molar-refractivity contribution in [1.29, 1.82) is 0 Å². The third-order valence-corrected chi connectivity index (χ3v) is 7.90.